The van der Waals surface area contributed by atoms with E-state index in [2.05, 4.69) is 0 Å². The molecule has 1 unspecified atom stereocenters. The summed E-state index contributed by atoms with van der Waals surface area (Å²) in [7, 11) is 0. The number of amides is 2. The molecule has 0 saturated carbocycles. The number of carbonyl (C=O) groups is 2. The summed E-state index contributed by atoms with van der Waals surface area (Å²) in [6.45, 7) is 0.418. The van der Waals surface area contributed by atoms with Crippen LogP contribution in [0.25, 0.3) is 0 Å². The Bertz CT molecular complexity index is 612. The van der Waals surface area contributed by atoms with Crippen LogP contribution in [0.2, 0.25) is 0 Å². The van der Waals surface area contributed by atoms with E-state index in [0.717, 1.165) is 0 Å². The molecule has 0 saturated heterocycles. The van der Waals surface area contributed by atoms with Crippen LogP contribution in [0, 0.1) is 0 Å². The summed E-state index contributed by atoms with van der Waals surface area (Å²) in [4.78, 5) is 25.4. The molecule has 1 atom stereocenters. The van der Waals surface area contributed by atoms with Gasteiger partial charge in [-0.1, -0.05) is 24.3 Å². The number of hydrogen-bond acceptors (Lipinski definition) is 4. The zero-order chi connectivity index (χ0) is 14.8. The molecule has 0 fully saturated rings. The smallest absolute Gasteiger partial charge is 0.261 e. The van der Waals surface area contributed by atoms with Crippen LogP contribution in [-0.4, -0.2) is 41.1 Å². The molecule has 1 aliphatic heterocycles. The van der Waals surface area contributed by atoms with Crippen molar-refractivity contribution in [3.63, 3.8) is 0 Å². The van der Waals surface area contributed by atoms with E-state index in [0.29, 0.717) is 23.3 Å². The van der Waals surface area contributed by atoms with Crippen LogP contribution in [-0.2, 0) is 4.74 Å². The van der Waals surface area contributed by atoms with Crippen molar-refractivity contribution in [3.8, 4) is 0 Å². The molecule has 1 heterocycles. The van der Waals surface area contributed by atoms with Gasteiger partial charge >= 0.3 is 0 Å². The van der Waals surface area contributed by atoms with Gasteiger partial charge < -0.3 is 9.84 Å². The first-order chi connectivity index (χ1) is 10.2. The highest BCUT2D eigenvalue weighted by molar-refractivity contribution is 6.21. The van der Waals surface area contributed by atoms with Gasteiger partial charge in [0.15, 0.2) is 0 Å². The number of aliphatic hydroxyl groups is 1. The number of nitrogens with zero attached hydrogens (tertiary/aromatic N) is 1. The molecule has 0 spiro atoms. The molecular weight excluding hydrogens is 270 g/mol. The number of aliphatic hydroxyl groups excluding tert-OH is 1. The van der Waals surface area contributed by atoms with Gasteiger partial charge in [-0.15, -0.1) is 0 Å². The van der Waals surface area contributed by atoms with Crippen molar-refractivity contribution in [1.82, 2.24) is 4.90 Å². The number of allylic oxidation sites excluding steroid dienone is 2. The van der Waals surface area contributed by atoms with E-state index in [4.69, 9.17) is 4.74 Å². The van der Waals surface area contributed by atoms with Crippen LogP contribution < -0.4 is 0 Å². The molecule has 1 N–H and O–H groups in total. The van der Waals surface area contributed by atoms with E-state index < -0.39 is 6.10 Å². The maximum Gasteiger partial charge on any atom is 0.261 e. The van der Waals surface area contributed by atoms with E-state index in [1.54, 1.807) is 42.5 Å². The van der Waals surface area contributed by atoms with Crippen LogP contribution in [0.15, 0.2) is 48.3 Å². The average molecular weight is 285 g/mol. The molecule has 3 rings (SSSR count). The van der Waals surface area contributed by atoms with Gasteiger partial charge in [-0.3, -0.25) is 14.5 Å². The molecule has 2 amide bonds. The Hall–Kier alpha value is -2.40. The quantitative estimate of drug-likeness (QED) is 0.851. The van der Waals surface area contributed by atoms with Crippen molar-refractivity contribution in [1.29, 1.82) is 0 Å². The van der Waals surface area contributed by atoms with Crippen molar-refractivity contribution in [2.45, 2.75) is 12.5 Å². The summed E-state index contributed by atoms with van der Waals surface area (Å²) >= 11 is 0. The molecule has 2 aliphatic rings. The number of fused-ring (bicyclic) bond motifs is 1. The van der Waals surface area contributed by atoms with Gasteiger partial charge in [0.05, 0.1) is 29.5 Å². The van der Waals surface area contributed by atoms with Crippen molar-refractivity contribution in [2.24, 2.45) is 0 Å². The number of ether oxygens (including phenoxy) is 1. The molecular formula is C16H15NO4. The summed E-state index contributed by atoms with van der Waals surface area (Å²) < 4.78 is 5.51. The van der Waals surface area contributed by atoms with Gasteiger partial charge in [0, 0.05) is 6.42 Å². The number of hydrogen-bond donors (Lipinski definition) is 1. The summed E-state index contributed by atoms with van der Waals surface area (Å²) in [5.41, 5.74) is 0.885. The molecule has 0 bridgehead atoms. The molecule has 0 radical (unpaired) electrons. The van der Waals surface area contributed by atoms with Crippen LogP contribution >= 0.6 is 0 Å². The maximum absolute atomic E-state index is 12.1. The second-order valence-electron chi connectivity index (χ2n) is 4.95. The van der Waals surface area contributed by atoms with Crippen molar-refractivity contribution in [3.05, 3.63) is 59.4 Å². The Morgan fingerprint density at radius 1 is 1.19 bits per heavy atom. The lowest BCUT2D eigenvalue weighted by Crippen LogP contribution is -2.33. The Morgan fingerprint density at radius 2 is 1.86 bits per heavy atom. The highest BCUT2D eigenvalue weighted by atomic mass is 16.5. The molecule has 5 heteroatoms. The molecule has 1 aromatic rings. The standard InChI is InChI=1S/C16H15NO4/c18-11-4-3-5-12(10-11)21-9-8-17-15(19)13-6-1-2-7-14(13)16(17)20/h1-7,11,18H,8-10H2. The first-order valence-corrected chi connectivity index (χ1v) is 6.80. The van der Waals surface area contributed by atoms with Gasteiger partial charge in [0.25, 0.3) is 11.8 Å². The summed E-state index contributed by atoms with van der Waals surface area (Å²) in [6.07, 6.45) is 5.06. The van der Waals surface area contributed by atoms with Crippen LogP contribution in [0.1, 0.15) is 27.1 Å². The Labute approximate surface area is 122 Å². The third-order valence-corrected chi connectivity index (χ3v) is 3.51. The summed E-state index contributed by atoms with van der Waals surface area (Å²) in [5, 5.41) is 9.47. The Balaban J connectivity index is 1.60. The van der Waals surface area contributed by atoms with E-state index in [9.17, 15) is 14.7 Å². The first kappa shape index (κ1) is 13.6. The van der Waals surface area contributed by atoms with E-state index in [-0.39, 0.29) is 25.0 Å². The van der Waals surface area contributed by atoms with Gasteiger partial charge in [-0.2, -0.15) is 0 Å². The average Bonchev–Trinajstić information content (AvgIpc) is 2.73. The lowest BCUT2D eigenvalue weighted by Gasteiger charge is -2.18. The third kappa shape index (κ3) is 2.60. The molecule has 108 valence electrons. The molecule has 1 aromatic carbocycles. The van der Waals surface area contributed by atoms with Crippen molar-refractivity contribution >= 4 is 11.8 Å². The first-order valence-electron chi connectivity index (χ1n) is 6.80. The number of rotatable bonds is 4. The van der Waals surface area contributed by atoms with Gasteiger partial charge in [0.1, 0.15) is 6.61 Å². The molecule has 21 heavy (non-hydrogen) atoms. The van der Waals surface area contributed by atoms with E-state index >= 15 is 0 Å². The van der Waals surface area contributed by atoms with Gasteiger partial charge in [0.2, 0.25) is 0 Å². The highest BCUT2D eigenvalue weighted by Gasteiger charge is 2.34. The number of benzene rings is 1. The van der Waals surface area contributed by atoms with E-state index in [1.807, 2.05) is 0 Å². The lowest BCUT2D eigenvalue weighted by atomic mass is 10.1. The summed E-state index contributed by atoms with van der Waals surface area (Å²) in [5.74, 6) is 0.0927. The van der Waals surface area contributed by atoms with Gasteiger partial charge in [-0.25, -0.2) is 0 Å². The summed E-state index contributed by atoms with van der Waals surface area (Å²) in [6, 6.07) is 6.79. The third-order valence-electron chi connectivity index (χ3n) is 3.51. The second kappa shape index (κ2) is 5.54. The van der Waals surface area contributed by atoms with Crippen molar-refractivity contribution in [2.75, 3.05) is 13.2 Å². The van der Waals surface area contributed by atoms with E-state index in [1.165, 1.54) is 4.90 Å². The maximum atomic E-state index is 12.1. The fourth-order valence-corrected chi connectivity index (χ4v) is 2.45. The lowest BCUT2D eigenvalue weighted by molar-refractivity contribution is 0.0598. The molecule has 0 aromatic heterocycles. The SMILES string of the molecule is O=C1c2ccccc2C(=O)N1CCOC1=CC=CC(O)C1. The highest BCUT2D eigenvalue weighted by Crippen LogP contribution is 2.22. The zero-order valence-corrected chi connectivity index (χ0v) is 11.4. The number of imide groups is 1. The topological polar surface area (TPSA) is 66.8 Å². The van der Waals surface area contributed by atoms with Crippen LogP contribution in [0.5, 0.6) is 0 Å². The fraction of sp³-hybridized carbons (Fsp3) is 0.250. The monoisotopic (exact) mass is 285 g/mol. The second-order valence-corrected chi connectivity index (χ2v) is 4.95. The number of carbonyl (C=O) groups excluding carboxylic acids is 2. The van der Waals surface area contributed by atoms with Crippen LogP contribution in [0.3, 0.4) is 0 Å². The largest absolute Gasteiger partial charge is 0.496 e. The predicted octanol–water partition coefficient (Wildman–Crippen LogP) is 1.50. The van der Waals surface area contributed by atoms with Gasteiger partial charge in [-0.05, 0) is 18.2 Å². The minimum atomic E-state index is -0.538. The molecule has 1 aliphatic carbocycles. The van der Waals surface area contributed by atoms with Crippen LogP contribution in [0.4, 0.5) is 0 Å². The predicted molar refractivity (Wildman–Crippen MR) is 75.6 cm³/mol. The normalized spacial score (nSPS) is 20.5. The minimum absolute atomic E-state index is 0.198. The Kier molecular flexibility index (Phi) is 3.58. The fourth-order valence-electron chi connectivity index (χ4n) is 2.45. The Morgan fingerprint density at radius 3 is 2.48 bits per heavy atom. The zero-order valence-electron chi connectivity index (χ0n) is 11.4. The van der Waals surface area contributed by atoms with Crippen molar-refractivity contribution < 1.29 is 19.4 Å². The molecule has 5 nitrogen and oxygen atoms in total. The minimum Gasteiger partial charge on any atom is -0.496 e.